The number of nitrogens with two attached hydrogens (primary N) is 1. The number of hydrogen-bond acceptors (Lipinski definition) is 4. The van der Waals surface area contributed by atoms with Crippen molar-refractivity contribution in [2.24, 2.45) is 11.7 Å². The fraction of sp³-hybridized carbons (Fsp3) is 0.692. The highest BCUT2D eigenvalue weighted by molar-refractivity contribution is 7.09. The Morgan fingerprint density at radius 2 is 2.28 bits per heavy atom. The van der Waals surface area contributed by atoms with Crippen LogP contribution in [0.3, 0.4) is 0 Å². The third-order valence-electron chi connectivity index (χ3n) is 3.51. The van der Waals surface area contributed by atoms with Gasteiger partial charge in [-0.2, -0.15) is 0 Å². The van der Waals surface area contributed by atoms with Crippen LogP contribution >= 0.6 is 11.3 Å². The Kier molecular flexibility index (Phi) is 5.13. The average Bonchev–Trinajstić information content (AvgIpc) is 3.05. The summed E-state index contributed by atoms with van der Waals surface area (Å²) < 4.78 is 0. The van der Waals surface area contributed by atoms with Gasteiger partial charge in [-0.15, -0.1) is 11.3 Å². The van der Waals surface area contributed by atoms with E-state index in [0.717, 1.165) is 23.9 Å². The summed E-state index contributed by atoms with van der Waals surface area (Å²) >= 11 is 1.44. The smallest absolute Gasteiger partial charge is 0.270 e. The first-order valence-electron chi connectivity index (χ1n) is 6.72. The van der Waals surface area contributed by atoms with E-state index in [4.69, 9.17) is 5.73 Å². The van der Waals surface area contributed by atoms with Gasteiger partial charge in [-0.1, -0.05) is 25.7 Å². The molecule has 18 heavy (non-hydrogen) atoms. The Morgan fingerprint density at radius 1 is 1.50 bits per heavy atom. The number of hydrogen-bond donors (Lipinski definition) is 2. The summed E-state index contributed by atoms with van der Waals surface area (Å²) in [5.41, 5.74) is 5.97. The summed E-state index contributed by atoms with van der Waals surface area (Å²) in [7, 11) is 0. The Labute approximate surface area is 112 Å². The van der Waals surface area contributed by atoms with Crippen molar-refractivity contribution < 1.29 is 4.79 Å². The predicted octanol–water partition coefficient (Wildman–Crippen LogP) is 2.30. The molecule has 0 radical (unpaired) electrons. The molecule has 0 unspecified atom stereocenters. The van der Waals surface area contributed by atoms with Crippen molar-refractivity contribution in [1.29, 1.82) is 0 Å². The SMILES string of the molecule is NCc1nc(C(=O)NCCCC2CCCC2)cs1. The quantitative estimate of drug-likeness (QED) is 0.777. The first-order chi connectivity index (χ1) is 8.79. The average molecular weight is 267 g/mol. The monoisotopic (exact) mass is 267 g/mol. The lowest BCUT2D eigenvalue weighted by atomic mass is 10.0. The molecule has 0 aromatic carbocycles. The molecule has 1 heterocycles. The number of thiazole rings is 1. The second-order valence-electron chi connectivity index (χ2n) is 4.88. The van der Waals surface area contributed by atoms with Crippen molar-refractivity contribution in [3.05, 3.63) is 16.1 Å². The number of carbonyl (C=O) groups is 1. The van der Waals surface area contributed by atoms with Crippen LogP contribution in [0.1, 0.15) is 54.0 Å². The third kappa shape index (κ3) is 3.78. The van der Waals surface area contributed by atoms with Gasteiger partial charge in [-0.25, -0.2) is 4.98 Å². The fourth-order valence-corrected chi connectivity index (χ4v) is 3.15. The van der Waals surface area contributed by atoms with Gasteiger partial charge in [0.15, 0.2) is 0 Å². The van der Waals surface area contributed by atoms with E-state index in [1.165, 1.54) is 43.4 Å². The van der Waals surface area contributed by atoms with Crippen LogP contribution in [0.5, 0.6) is 0 Å². The zero-order valence-electron chi connectivity index (χ0n) is 10.7. The molecule has 1 amide bonds. The molecule has 0 spiro atoms. The van der Waals surface area contributed by atoms with E-state index in [1.807, 2.05) is 0 Å². The number of nitrogens with zero attached hydrogens (tertiary/aromatic N) is 1. The first-order valence-corrected chi connectivity index (χ1v) is 7.60. The summed E-state index contributed by atoms with van der Waals surface area (Å²) in [5.74, 6) is 0.822. The molecule has 4 nitrogen and oxygen atoms in total. The van der Waals surface area contributed by atoms with Crippen molar-refractivity contribution in [2.45, 2.75) is 45.1 Å². The van der Waals surface area contributed by atoms with Gasteiger partial charge in [0, 0.05) is 18.5 Å². The number of nitrogens with one attached hydrogen (secondary N) is 1. The van der Waals surface area contributed by atoms with Crippen LogP contribution in [0.2, 0.25) is 0 Å². The van der Waals surface area contributed by atoms with E-state index >= 15 is 0 Å². The molecular weight excluding hydrogens is 246 g/mol. The van der Waals surface area contributed by atoms with Crippen LogP contribution in [0.15, 0.2) is 5.38 Å². The Bertz CT molecular complexity index is 385. The van der Waals surface area contributed by atoms with Crippen LogP contribution in [-0.2, 0) is 6.54 Å². The molecule has 3 N–H and O–H groups in total. The van der Waals surface area contributed by atoms with Gasteiger partial charge in [0.2, 0.25) is 0 Å². The van der Waals surface area contributed by atoms with E-state index < -0.39 is 0 Å². The number of amides is 1. The summed E-state index contributed by atoms with van der Waals surface area (Å²) in [6, 6.07) is 0. The molecule has 1 aromatic rings. The number of rotatable bonds is 6. The van der Waals surface area contributed by atoms with Crippen molar-refractivity contribution in [2.75, 3.05) is 6.54 Å². The van der Waals surface area contributed by atoms with Crippen LogP contribution < -0.4 is 11.1 Å². The molecule has 0 aliphatic heterocycles. The number of aromatic nitrogens is 1. The van der Waals surface area contributed by atoms with Gasteiger partial charge in [0.25, 0.3) is 5.91 Å². The van der Waals surface area contributed by atoms with Crippen LogP contribution in [0.4, 0.5) is 0 Å². The van der Waals surface area contributed by atoms with E-state index in [2.05, 4.69) is 10.3 Å². The van der Waals surface area contributed by atoms with Gasteiger partial charge in [-0.3, -0.25) is 4.79 Å². The lowest BCUT2D eigenvalue weighted by molar-refractivity contribution is 0.0948. The zero-order chi connectivity index (χ0) is 12.8. The molecular formula is C13H21N3OS. The zero-order valence-corrected chi connectivity index (χ0v) is 11.5. The largest absolute Gasteiger partial charge is 0.351 e. The second-order valence-corrected chi connectivity index (χ2v) is 5.82. The molecule has 2 rings (SSSR count). The maximum atomic E-state index is 11.8. The van der Waals surface area contributed by atoms with Crippen LogP contribution in [-0.4, -0.2) is 17.4 Å². The fourth-order valence-electron chi connectivity index (χ4n) is 2.49. The maximum Gasteiger partial charge on any atom is 0.270 e. The molecule has 0 saturated heterocycles. The van der Waals surface area contributed by atoms with Crippen molar-refractivity contribution >= 4 is 17.2 Å². The van der Waals surface area contributed by atoms with Gasteiger partial charge < -0.3 is 11.1 Å². The molecule has 0 atom stereocenters. The van der Waals surface area contributed by atoms with Crippen LogP contribution in [0.25, 0.3) is 0 Å². The van der Waals surface area contributed by atoms with E-state index in [9.17, 15) is 4.79 Å². The minimum atomic E-state index is -0.0719. The van der Waals surface area contributed by atoms with E-state index in [0.29, 0.717) is 12.2 Å². The molecule has 5 heteroatoms. The lowest BCUT2D eigenvalue weighted by Crippen LogP contribution is -2.25. The standard InChI is InChI=1S/C13H21N3OS/c14-8-12-16-11(9-18-12)13(17)15-7-3-6-10-4-1-2-5-10/h9-10H,1-8,14H2,(H,15,17). The van der Waals surface area contributed by atoms with E-state index in [-0.39, 0.29) is 5.91 Å². The highest BCUT2D eigenvalue weighted by atomic mass is 32.1. The van der Waals surface area contributed by atoms with Gasteiger partial charge in [-0.05, 0) is 18.8 Å². The van der Waals surface area contributed by atoms with Crippen molar-refractivity contribution in [3.8, 4) is 0 Å². The minimum Gasteiger partial charge on any atom is -0.351 e. The highest BCUT2D eigenvalue weighted by Crippen LogP contribution is 2.28. The molecule has 100 valence electrons. The van der Waals surface area contributed by atoms with Crippen molar-refractivity contribution in [1.82, 2.24) is 10.3 Å². The maximum absolute atomic E-state index is 11.8. The lowest BCUT2D eigenvalue weighted by Gasteiger charge is -2.08. The normalized spacial score (nSPS) is 16.1. The van der Waals surface area contributed by atoms with Crippen molar-refractivity contribution in [3.63, 3.8) is 0 Å². The molecule has 1 fully saturated rings. The Morgan fingerprint density at radius 3 is 2.94 bits per heavy atom. The first kappa shape index (κ1) is 13.5. The third-order valence-corrected chi connectivity index (χ3v) is 4.38. The molecule has 1 aliphatic carbocycles. The van der Waals surface area contributed by atoms with Gasteiger partial charge >= 0.3 is 0 Å². The molecule has 1 aromatic heterocycles. The summed E-state index contributed by atoms with van der Waals surface area (Å²) in [5, 5.41) is 5.51. The highest BCUT2D eigenvalue weighted by Gasteiger charge is 2.14. The second kappa shape index (κ2) is 6.85. The molecule has 1 saturated carbocycles. The Balaban J connectivity index is 1.65. The summed E-state index contributed by atoms with van der Waals surface area (Å²) in [4.78, 5) is 15.9. The topological polar surface area (TPSA) is 68.0 Å². The minimum absolute atomic E-state index is 0.0719. The van der Waals surface area contributed by atoms with Crippen LogP contribution in [0, 0.1) is 5.92 Å². The van der Waals surface area contributed by atoms with E-state index in [1.54, 1.807) is 5.38 Å². The number of carbonyl (C=O) groups excluding carboxylic acids is 1. The van der Waals surface area contributed by atoms with Gasteiger partial charge in [0.05, 0.1) is 0 Å². The predicted molar refractivity (Wildman–Crippen MR) is 73.5 cm³/mol. The molecule has 1 aliphatic rings. The molecule has 0 bridgehead atoms. The van der Waals surface area contributed by atoms with Gasteiger partial charge in [0.1, 0.15) is 10.7 Å². The Hall–Kier alpha value is -0.940. The summed E-state index contributed by atoms with van der Waals surface area (Å²) in [6.45, 7) is 1.16. The summed E-state index contributed by atoms with van der Waals surface area (Å²) in [6.07, 6.45) is 7.84.